The summed E-state index contributed by atoms with van der Waals surface area (Å²) < 4.78 is 39.2. The van der Waals surface area contributed by atoms with E-state index < -0.39 is 15.8 Å². The number of rotatable bonds is 6. The highest BCUT2D eigenvalue weighted by molar-refractivity contribution is 7.92. The smallest absolute Gasteiger partial charge is 0.235 e. The summed E-state index contributed by atoms with van der Waals surface area (Å²) in [6, 6.07) is 9.02. The van der Waals surface area contributed by atoms with Crippen LogP contribution in [0.2, 0.25) is 0 Å². The summed E-state index contributed by atoms with van der Waals surface area (Å²) in [5.41, 5.74) is 1.23. The van der Waals surface area contributed by atoms with E-state index in [-0.39, 0.29) is 12.3 Å². The Hall–Kier alpha value is -1.95. The maximum absolute atomic E-state index is 13.0. The molecule has 2 rings (SSSR count). The number of hydrogen-bond acceptors (Lipinski definition) is 3. The molecule has 0 aliphatic rings. The fourth-order valence-electron chi connectivity index (χ4n) is 1.98. The molecule has 0 bridgehead atoms. The second-order valence-corrected chi connectivity index (χ2v) is 6.67. The molecule has 0 unspecified atom stereocenters. The second kappa shape index (κ2) is 6.67. The van der Waals surface area contributed by atoms with Gasteiger partial charge in [0, 0.05) is 12.4 Å². The first-order chi connectivity index (χ1) is 10.0. The summed E-state index contributed by atoms with van der Waals surface area (Å²) >= 11 is 0. The molecule has 1 aromatic heterocycles. The highest BCUT2D eigenvalue weighted by Gasteiger charge is 2.22. The minimum Gasteiger partial charge on any atom is -0.266 e. The van der Waals surface area contributed by atoms with Crippen molar-refractivity contribution in [2.45, 2.75) is 19.9 Å². The number of hydrogen-bond donors (Lipinski definition) is 0. The van der Waals surface area contributed by atoms with Crippen molar-refractivity contribution in [3.63, 3.8) is 0 Å². The lowest BCUT2D eigenvalue weighted by Crippen LogP contribution is -2.32. The number of anilines is 1. The molecule has 1 heterocycles. The van der Waals surface area contributed by atoms with Crippen LogP contribution < -0.4 is 4.31 Å². The third-order valence-corrected chi connectivity index (χ3v) is 4.90. The Labute approximate surface area is 124 Å². The molecule has 0 amide bonds. The van der Waals surface area contributed by atoms with Crippen LogP contribution in [-0.4, -0.2) is 19.2 Å². The predicted octanol–water partition coefficient (Wildman–Crippen LogP) is 2.97. The van der Waals surface area contributed by atoms with Crippen LogP contribution in [0.3, 0.4) is 0 Å². The van der Waals surface area contributed by atoms with Crippen LogP contribution in [0.15, 0.2) is 48.8 Å². The summed E-state index contributed by atoms with van der Waals surface area (Å²) in [6.07, 6.45) is 3.78. The molecule has 0 saturated carbocycles. The fourth-order valence-corrected chi connectivity index (χ4v) is 3.51. The monoisotopic (exact) mass is 308 g/mol. The van der Waals surface area contributed by atoms with Gasteiger partial charge in [-0.15, -0.1) is 0 Å². The van der Waals surface area contributed by atoms with Gasteiger partial charge in [-0.25, -0.2) is 12.8 Å². The van der Waals surface area contributed by atoms with Crippen LogP contribution in [-0.2, 0) is 16.6 Å². The molecule has 0 atom stereocenters. The average Bonchev–Trinajstić information content (AvgIpc) is 2.47. The summed E-state index contributed by atoms with van der Waals surface area (Å²) in [4.78, 5) is 3.99. The average molecular weight is 308 g/mol. The SMILES string of the molecule is CCCS(=O)(=O)N(Cc1cccnc1)c1ccc(F)cc1. The van der Waals surface area contributed by atoms with E-state index in [1.807, 2.05) is 13.0 Å². The van der Waals surface area contributed by atoms with E-state index in [2.05, 4.69) is 4.98 Å². The van der Waals surface area contributed by atoms with Gasteiger partial charge >= 0.3 is 0 Å². The zero-order chi connectivity index (χ0) is 15.3. The number of benzene rings is 1. The summed E-state index contributed by atoms with van der Waals surface area (Å²) in [6.45, 7) is 1.99. The Morgan fingerprint density at radius 1 is 1.19 bits per heavy atom. The first-order valence-electron chi connectivity index (χ1n) is 6.68. The molecule has 0 N–H and O–H groups in total. The van der Waals surface area contributed by atoms with Gasteiger partial charge in [0.2, 0.25) is 10.0 Å². The molecule has 112 valence electrons. The summed E-state index contributed by atoms with van der Waals surface area (Å²) in [5, 5.41) is 0. The molecule has 1 aromatic carbocycles. The van der Waals surface area contributed by atoms with Crippen LogP contribution in [0.5, 0.6) is 0 Å². The first kappa shape index (κ1) is 15.4. The molecule has 0 spiro atoms. The van der Waals surface area contributed by atoms with Crippen LogP contribution in [0, 0.1) is 5.82 Å². The van der Waals surface area contributed by atoms with Gasteiger partial charge in [0.25, 0.3) is 0 Å². The van der Waals surface area contributed by atoms with E-state index >= 15 is 0 Å². The molecule has 0 aliphatic heterocycles. The number of nitrogens with zero attached hydrogens (tertiary/aromatic N) is 2. The van der Waals surface area contributed by atoms with Crippen molar-refractivity contribution < 1.29 is 12.8 Å². The predicted molar refractivity (Wildman–Crippen MR) is 80.9 cm³/mol. The van der Waals surface area contributed by atoms with E-state index in [1.165, 1.54) is 28.6 Å². The lowest BCUT2D eigenvalue weighted by Gasteiger charge is -2.24. The fraction of sp³-hybridized carbons (Fsp3) is 0.267. The van der Waals surface area contributed by atoms with Crippen molar-refractivity contribution in [2.75, 3.05) is 10.1 Å². The van der Waals surface area contributed by atoms with Crippen LogP contribution in [0.25, 0.3) is 0 Å². The first-order valence-corrected chi connectivity index (χ1v) is 8.29. The number of sulfonamides is 1. The largest absolute Gasteiger partial charge is 0.266 e. The van der Waals surface area contributed by atoms with E-state index in [0.29, 0.717) is 12.1 Å². The van der Waals surface area contributed by atoms with Gasteiger partial charge in [-0.3, -0.25) is 9.29 Å². The minimum atomic E-state index is -3.45. The molecule has 0 fully saturated rings. The molecule has 21 heavy (non-hydrogen) atoms. The van der Waals surface area contributed by atoms with Crippen molar-refractivity contribution in [1.82, 2.24) is 4.98 Å². The molecule has 0 radical (unpaired) electrons. The lowest BCUT2D eigenvalue weighted by atomic mass is 10.2. The maximum Gasteiger partial charge on any atom is 0.235 e. The molecule has 0 saturated heterocycles. The Bertz CT molecular complexity index is 673. The lowest BCUT2D eigenvalue weighted by molar-refractivity contribution is 0.588. The van der Waals surface area contributed by atoms with Crippen LogP contribution in [0.1, 0.15) is 18.9 Å². The van der Waals surface area contributed by atoms with E-state index in [0.717, 1.165) is 5.56 Å². The van der Waals surface area contributed by atoms with Crippen molar-refractivity contribution >= 4 is 15.7 Å². The highest BCUT2D eigenvalue weighted by Crippen LogP contribution is 2.22. The van der Waals surface area contributed by atoms with Crippen molar-refractivity contribution in [2.24, 2.45) is 0 Å². The molecule has 0 aliphatic carbocycles. The third kappa shape index (κ3) is 4.01. The number of halogens is 1. The van der Waals surface area contributed by atoms with Crippen LogP contribution in [0.4, 0.5) is 10.1 Å². The quantitative estimate of drug-likeness (QED) is 0.824. The minimum absolute atomic E-state index is 0.0463. The molecular weight excluding hydrogens is 291 g/mol. The maximum atomic E-state index is 13.0. The van der Waals surface area contributed by atoms with Gasteiger partial charge < -0.3 is 0 Å². The Morgan fingerprint density at radius 2 is 1.90 bits per heavy atom. The van der Waals surface area contributed by atoms with Gasteiger partial charge in [-0.1, -0.05) is 13.0 Å². The van der Waals surface area contributed by atoms with E-state index in [9.17, 15) is 12.8 Å². The van der Waals surface area contributed by atoms with Gasteiger partial charge in [-0.2, -0.15) is 0 Å². The molecular formula is C15H17FN2O2S. The Morgan fingerprint density at radius 3 is 2.48 bits per heavy atom. The number of pyridine rings is 1. The standard InChI is InChI=1S/C15H17FN2O2S/c1-2-10-21(19,20)18(12-13-4-3-9-17-11-13)15-7-5-14(16)6-8-15/h3-9,11H,2,10,12H2,1H3. The van der Waals surface area contributed by atoms with Crippen molar-refractivity contribution in [3.05, 3.63) is 60.2 Å². The molecule has 2 aromatic rings. The molecule has 6 heteroatoms. The van der Waals surface area contributed by atoms with Crippen LogP contribution >= 0.6 is 0 Å². The zero-order valence-electron chi connectivity index (χ0n) is 11.7. The van der Waals surface area contributed by atoms with E-state index in [1.54, 1.807) is 18.5 Å². The van der Waals surface area contributed by atoms with Crippen molar-refractivity contribution in [3.8, 4) is 0 Å². The topological polar surface area (TPSA) is 50.3 Å². The van der Waals surface area contributed by atoms with Gasteiger partial charge in [0.05, 0.1) is 18.0 Å². The van der Waals surface area contributed by atoms with Crippen molar-refractivity contribution in [1.29, 1.82) is 0 Å². The normalized spacial score (nSPS) is 11.3. The molecule has 4 nitrogen and oxygen atoms in total. The van der Waals surface area contributed by atoms with Gasteiger partial charge in [0.1, 0.15) is 5.82 Å². The zero-order valence-corrected chi connectivity index (χ0v) is 12.6. The highest BCUT2D eigenvalue weighted by atomic mass is 32.2. The Balaban J connectivity index is 2.37. The summed E-state index contributed by atoms with van der Waals surface area (Å²) in [5.74, 6) is -0.349. The number of aromatic nitrogens is 1. The third-order valence-electron chi connectivity index (χ3n) is 2.96. The Kier molecular flexibility index (Phi) is 4.90. The van der Waals surface area contributed by atoms with Gasteiger partial charge in [-0.05, 0) is 42.3 Å². The van der Waals surface area contributed by atoms with Gasteiger partial charge in [0.15, 0.2) is 0 Å². The second-order valence-electron chi connectivity index (χ2n) is 4.66. The summed E-state index contributed by atoms with van der Waals surface area (Å²) in [7, 11) is -3.45. The van der Waals surface area contributed by atoms with E-state index in [4.69, 9.17) is 0 Å².